The fraction of sp³-hybridized carbons (Fsp3) is 0.562. The van der Waals surface area contributed by atoms with Gasteiger partial charge in [-0.3, -0.25) is 0 Å². The summed E-state index contributed by atoms with van der Waals surface area (Å²) in [6.45, 7) is 9.60. The number of halogens is 1. The van der Waals surface area contributed by atoms with Crippen molar-refractivity contribution in [1.82, 2.24) is 0 Å². The Balaban J connectivity index is 2.44. The minimum Gasteiger partial charge on any atom is -0.478 e. The van der Waals surface area contributed by atoms with Gasteiger partial charge in [0.15, 0.2) is 0 Å². The summed E-state index contributed by atoms with van der Waals surface area (Å²) in [6.07, 6.45) is 1.22. The Morgan fingerprint density at radius 2 is 1.77 bits per heavy atom. The fourth-order valence-electron chi connectivity index (χ4n) is 2.51. The molecule has 0 unspecified atom stereocenters. The normalized spacial score (nSPS) is 19.5. The van der Waals surface area contributed by atoms with Crippen LogP contribution in [0, 0.1) is 5.82 Å². The molecule has 2 rings (SSSR count). The van der Waals surface area contributed by atoms with Gasteiger partial charge in [0.2, 0.25) is 0 Å². The molecule has 0 saturated carbocycles. The summed E-state index contributed by atoms with van der Waals surface area (Å²) >= 11 is 0. The Bertz CT molecular complexity index is 582. The average Bonchev–Trinajstić information content (AvgIpc) is 2.57. The van der Waals surface area contributed by atoms with Crippen LogP contribution in [0.2, 0.25) is 0 Å². The number of rotatable bonds is 4. The van der Waals surface area contributed by atoms with Gasteiger partial charge in [-0.25, -0.2) is 9.18 Å². The minimum absolute atomic E-state index is 0.262. The van der Waals surface area contributed by atoms with Crippen molar-refractivity contribution in [3.63, 3.8) is 0 Å². The Labute approximate surface area is 130 Å². The van der Waals surface area contributed by atoms with Gasteiger partial charge < -0.3 is 14.4 Å². The van der Waals surface area contributed by atoms with Crippen molar-refractivity contribution in [2.75, 3.05) is 0 Å². The minimum atomic E-state index is -1.25. The second kappa shape index (κ2) is 5.67. The van der Waals surface area contributed by atoms with Crippen molar-refractivity contribution in [3.05, 3.63) is 29.1 Å². The van der Waals surface area contributed by atoms with E-state index in [1.165, 1.54) is 6.07 Å². The molecule has 0 radical (unpaired) electrons. The number of aromatic carboxylic acids is 1. The molecule has 0 amide bonds. The number of aryl methyl sites for hydroxylation is 1. The lowest BCUT2D eigenvalue weighted by Gasteiger charge is -2.32. The lowest BCUT2D eigenvalue weighted by atomic mass is 9.77. The molecule has 1 aliphatic heterocycles. The van der Waals surface area contributed by atoms with Crippen molar-refractivity contribution >= 4 is 18.6 Å². The van der Waals surface area contributed by atoms with Gasteiger partial charge in [0.05, 0.1) is 16.8 Å². The molecule has 22 heavy (non-hydrogen) atoms. The van der Waals surface area contributed by atoms with Gasteiger partial charge in [0.1, 0.15) is 5.82 Å². The number of hydrogen-bond donors (Lipinski definition) is 1. The lowest BCUT2D eigenvalue weighted by Crippen LogP contribution is -2.41. The van der Waals surface area contributed by atoms with Crippen molar-refractivity contribution in [2.45, 2.75) is 58.7 Å². The summed E-state index contributed by atoms with van der Waals surface area (Å²) in [6, 6.07) is 2.88. The van der Waals surface area contributed by atoms with Crippen LogP contribution in [0.4, 0.5) is 4.39 Å². The molecule has 120 valence electrons. The Kier molecular flexibility index (Phi) is 4.37. The largest absolute Gasteiger partial charge is 0.494 e. The third kappa shape index (κ3) is 2.90. The molecule has 0 aliphatic carbocycles. The van der Waals surface area contributed by atoms with Gasteiger partial charge in [-0.2, -0.15) is 0 Å². The highest BCUT2D eigenvalue weighted by Gasteiger charge is 2.51. The maximum absolute atomic E-state index is 14.2. The monoisotopic (exact) mass is 308 g/mol. The first-order valence-corrected chi connectivity index (χ1v) is 7.50. The molecule has 1 heterocycles. The summed E-state index contributed by atoms with van der Waals surface area (Å²) in [7, 11) is -0.696. The quantitative estimate of drug-likeness (QED) is 0.869. The predicted octanol–water partition coefficient (Wildman–Crippen LogP) is 2.78. The smallest absolute Gasteiger partial charge is 0.478 e. The van der Waals surface area contributed by atoms with Gasteiger partial charge in [0, 0.05) is 0 Å². The Morgan fingerprint density at radius 1 is 1.23 bits per heavy atom. The molecule has 0 aromatic heterocycles. The van der Waals surface area contributed by atoms with Crippen LogP contribution in [-0.2, 0) is 15.7 Å². The average molecular weight is 308 g/mol. The standard InChI is InChI=1S/C16H22BFO4/c1-6-7-10-8-11(9-12(18)13(10)14(19)20)17-21-15(2,3)16(4,5)22-17/h8-9H,6-7H2,1-5H3,(H,19,20). The molecule has 1 saturated heterocycles. The van der Waals surface area contributed by atoms with Crippen LogP contribution < -0.4 is 5.46 Å². The van der Waals surface area contributed by atoms with E-state index in [0.717, 1.165) is 6.42 Å². The van der Waals surface area contributed by atoms with E-state index in [1.807, 2.05) is 34.6 Å². The zero-order valence-electron chi connectivity index (χ0n) is 13.7. The zero-order valence-corrected chi connectivity index (χ0v) is 13.7. The number of hydrogen-bond acceptors (Lipinski definition) is 3. The van der Waals surface area contributed by atoms with E-state index in [-0.39, 0.29) is 5.56 Å². The molecule has 1 N–H and O–H groups in total. The molecule has 0 spiro atoms. The van der Waals surface area contributed by atoms with Crippen LogP contribution in [0.1, 0.15) is 57.0 Å². The topological polar surface area (TPSA) is 55.8 Å². The summed E-state index contributed by atoms with van der Waals surface area (Å²) in [5.41, 5.74) is -0.318. The molecule has 1 aliphatic rings. The highest BCUT2D eigenvalue weighted by atomic mass is 19.1. The van der Waals surface area contributed by atoms with Crippen LogP contribution in [0.5, 0.6) is 0 Å². The van der Waals surface area contributed by atoms with Crippen molar-refractivity contribution in [2.24, 2.45) is 0 Å². The van der Waals surface area contributed by atoms with Crippen LogP contribution in [0.25, 0.3) is 0 Å². The maximum Gasteiger partial charge on any atom is 0.494 e. The molecule has 6 heteroatoms. The highest BCUT2D eigenvalue weighted by molar-refractivity contribution is 6.62. The molecule has 0 bridgehead atoms. The molecular formula is C16H22BFO4. The first-order valence-electron chi connectivity index (χ1n) is 7.50. The molecule has 0 atom stereocenters. The van der Waals surface area contributed by atoms with E-state index in [9.17, 15) is 14.3 Å². The number of carboxylic acids is 1. The zero-order chi connectivity index (χ0) is 16.7. The van der Waals surface area contributed by atoms with Gasteiger partial charge in [0.25, 0.3) is 0 Å². The van der Waals surface area contributed by atoms with E-state index in [4.69, 9.17) is 9.31 Å². The third-order valence-corrected chi connectivity index (χ3v) is 4.45. The SMILES string of the molecule is CCCc1cc(B2OC(C)(C)C(C)(C)O2)cc(F)c1C(=O)O. The second-order valence-corrected chi connectivity index (χ2v) is 6.68. The van der Waals surface area contributed by atoms with Gasteiger partial charge in [-0.15, -0.1) is 0 Å². The molecule has 4 nitrogen and oxygen atoms in total. The summed E-state index contributed by atoms with van der Waals surface area (Å²) in [4.78, 5) is 11.3. The molecular weight excluding hydrogens is 286 g/mol. The molecule has 1 aromatic carbocycles. The summed E-state index contributed by atoms with van der Waals surface area (Å²) < 4.78 is 26.0. The maximum atomic E-state index is 14.2. The number of benzene rings is 1. The fourth-order valence-corrected chi connectivity index (χ4v) is 2.51. The van der Waals surface area contributed by atoms with E-state index < -0.39 is 30.1 Å². The van der Waals surface area contributed by atoms with E-state index in [2.05, 4.69) is 0 Å². The lowest BCUT2D eigenvalue weighted by molar-refractivity contribution is 0.00578. The van der Waals surface area contributed by atoms with Gasteiger partial charge in [-0.1, -0.05) is 19.4 Å². The molecule has 1 aromatic rings. The Morgan fingerprint density at radius 3 is 2.23 bits per heavy atom. The number of carboxylic acid groups (broad SMARTS) is 1. The number of carbonyl (C=O) groups is 1. The summed E-state index contributed by atoms with van der Waals surface area (Å²) in [5.74, 6) is -2.00. The first kappa shape index (κ1) is 17.0. The van der Waals surface area contributed by atoms with Crippen molar-refractivity contribution in [1.29, 1.82) is 0 Å². The van der Waals surface area contributed by atoms with Crippen molar-refractivity contribution < 1.29 is 23.6 Å². The van der Waals surface area contributed by atoms with E-state index in [0.29, 0.717) is 17.4 Å². The van der Waals surface area contributed by atoms with E-state index >= 15 is 0 Å². The van der Waals surface area contributed by atoms with Crippen LogP contribution in [0.15, 0.2) is 12.1 Å². The van der Waals surface area contributed by atoms with Crippen LogP contribution in [-0.4, -0.2) is 29.4 Å². The van der Waals surface area contributed by atoms with Crippen LogP contribution >= 0.6 is 0 Å². The highest BCUT2D eigenvalue weighted by Crippen LogP contribution is 2.36. The summed E-state index contributed by atoms with van der Waals surface area (Å²) in [5, 5.41) is 9.19. The van der Waals surface area contributed by atoms with Gasteiger partial charge >= 0.3 is 13.1 Å². The first-order chi connectivity index (χ1) is 10.1. The predicted molar refractivity (Wildman–Crippen MR) is 83.1 cm³/mol. The van der Waals surface area contributed by atoms with E-state index in [1.54, 1.807) is 6.07 Å². The molecule has 1 fully saturated rings. The van der Waals surface area contributed by atoms with Gasteiger partial charge in [-0.05, 0) is 51.2 Å². The Hall–Kier alpha value is -1.40. The van der Waals surface area contributed by atoms with Crippen molar-refractivity contribution in [3.8, 4) is 0 Å². The van der Waals surface area contributed by atoms with Crippen LogP contribution in [0.3, 0.4) is 0 Å². The third-order valence-electron chi connectivity index (χ3n) is 4.45. The second-order valence-electron chi connectivity index (χ2n) is 6.68.